The van der Waals surface area contributed by atoms with Crippen molar-refractivity contribution in [2.24, 2.45) is 5.41 Å². The van der Waals surface area contributed by atoms with E-state index in [-0.39, 0.29) is 11.2 Å². The number of nitrogens with one attached hydrogen (secondary N) is 1. The lowest BCUT2D eigenvalue weighted by atomic mass is 9.90. The zero-order valence-corrected chi connectivity index (χ0v) is 10.8. The number of hydrogen-bond acceptors (Lipinski definition) is 2. The zero-order chi connectivity index (χ0) is 11.9. The molecule has 0 atom stereocenters. The molecule has 0 aromatic rings. The molecule has 0 fully saturated rings. The molecule has 0 heterocycles. The fraction of sp³-hybridized carbons (Fsp3) is 0.769. The summed E-state index contributed by atoms with van der Waals surface area (Å²) in [6.07, 6.45) is 4.99. The molecule has 2 heteroatoms. The molecular formula is C13H25NO. The van der Waals surface area contributed by atoms with E-state index in [1.165, 1.54) is 6.42 Å². The van der Waals surface area contributed by atoms with Crippen molar-refractivity contribution >= 4 is 5.78 Å². The topological polar surface area (TPSA) is 29.1 Å². The number of rotatable bonds is 6. The molecule has 1 N–H and O–H groups in total. The molecule has 0 aliphatic carbocycles. The Hall–Kier alpha value is -0.790. The number of hydrogen-bond donors (Lipinski definition) is 1. The first-order valence-electron chi connectivity index (χ1n) is 5.90. The third-order valence-electron chi connectivity index (χ3n) is 2.31. The average molecular weight is 211 g/mol. The van der Waals surface area contributed by atoms with Gasteiger partial charge in [-0.25, -0.2) is 0 Å². The lowest BCUT2D eigenvalue weighted by molar-refractivity contribution is -0.121. The minimum Gasteiger partial charge on any atom is -0.388 e. The molecule has 0 rings (SSSR count). The summed E-state index contributed by atoms with van der Waals surface area (Å²) in [5.41, 5.74) is 0.788. The van der Waals surface area contributed by atoms with E-state index in [2.05, 4.69) is 19.2 Å². The van der Waals surface area contributed by atoms with Gasteiger partial charge >= 0.3 is 0 Å². The Kier molecular flexibility index (Phi) is 6.30. The molecule has 0 amide bonds. The summed E-state index contributed by atoms with van der Waals surface area (Å²) in [7, 11) is 0. The minimum atomic E-state index is -0.271. The molecule has 0 spiro atoms. The lowest BCUT2D eigenvalue weighted by Crippen LogP contribution is -2.21. The van der Waals surface area contributed by atoms with Gasteiger partial charge in [0.1, 0.15) is 0 Å². The highest BCUT2D eigenvalue weighted by Crippen LogP contribution is 2.16. The fourth-order valence-corrected chi connectivity index (χ4v) is 1.08. The average Bonchev–Trinajstić information content (AvgIpc) is 2.14. The molecule has 2 nitrogen and oxygen atoms in total. The summed E-state index contributed by atoms with van der Waals surface area (Å²) in [5, 5.41) is 3.31. The van der Waals surface area contributed by atoms with E-state index in [1.54, 1.807) is 6.08 Å². The highest BCUT2D eigenvalue weighted by atomic mass is 16.1. The second kappa shape index (κ2) is 6.65. The van der Waals surface area contributed by atoms with Crippen LogP contribution in [0.15, 0.2) is 11.8 Å². The predicted molar refractivity (Wildman–Crippen MR) is 65.7 cm³/mol. The van der Waals surface area contributed by atoms with Gasteiger partial charge in [-0.05, 0) is 12.8 Å². The number of carbonyl (C=O) groups excluding carboxylic acids is 1. The van der Waals surface area contributed by atoms with Crippen LogP contribution in [0.4, 0.5) is 0 Å². The molecule has 15 heavy (non-hydrogen) atoms. The third-order valence-corrected chi connectivity index (χ3v) is 2.31. The molecule has 0 aliphatic rings. The number of allylic oxidation sites excluding steroid dienone is 2. The van der Waals surface area contributed by atoms with Crippen LogP contribution in [0.3, 0.4) is 0 Å². The van der Waals surface area contributed by atoms with Gasteiger partial charge in [-0.15, -0.1) is 0 Å². The first-order chi connectivity index (χ1) is 6.91. The van der Waals surface area contributed by atoms with Gasteiger partial charge in [0.2, 0.25) is 0 Å². The van der Waals surface area contributed by atoms with Crippen molar-refractivity contribution in [2.75, 3.05) is 6.54 Å². The van der Waals surface area contributed by atoms with E-state index in [0.717, 1.165) is 25.1 Å². The summed E-state index contributed by atoms with van der Waals surface area (Å²) in [6, 6.07) is 0. The molecule has 0 aromatic carbocycles. The molecule has 0 saturated carbocycles. The van der Waals surface area contributed by atoms with Gasteiger partial charge in [-0.1, -0.05) is 41.0 Å². The van der Waals surface area contributed by atoms with Crippen molar-refractivity contribution in [1.29, 1.82) is 0 Å². The van der Waals surface area contributed by atoms with Crippen LogP contribution in [0.2, 0.25) is 0 Å². The van der Waals surface area contributed by atoms with Gasteiger partial charge in [0, 0.05) is 23.7 Å². The first-order valence-corrected chi connectivity index (χ1v) is 5.90. The van der Waals surface area contributed by atoms with Gasteiger partial charge in [0.15, 0.2) is 5.78 Å². The van der Waals surface area contributed by atoms with Crippen LogP contribution in [0.1, 0.15) is 53.9 Å². The van der Waals surface area contributed by atoms with Gasteiger partial charge in [0.25, 0.3) is 0 Å². The largest absolute Gasteiger partial charge is 0.388 e. The van der Waals surface area contributed by atoms with Crippen LogP contribution >= 0.6 is 0 Å². The molecule has 0 unspecified atom stereocenters. The van der Waals surface area contributed by atoms with Crippen LogP contribution < -0.4 is 5.32 Å². The fourth-order valence-electron chi connectivity index (χ4n) is 1.08. The highest BCUT2D eigenvalue weighted by molar-refractivity contribution is 5.94. The lowest BCUT2D eigenvalue weighted by Gasteiger charge is -2.15. The maximum atomic E-state index is 11.8. The Labute approximate surface area is 94.1 Å². The molecule has 88 valence electrons. The van der Waals surface area contributed by atoms with Crippen LogP contribution in [0.25, 0.3) is 0 Å². The van der Waals surface area contributed by atoms with E-state index in [1.807, 2.05) is 20.8 Å². The van der Waals surface area contributed by atoms with Gasteiger partial charge in [-0.3, -0.25) is 4.79 Å². The molecule has 0 bridgehead atoms. The highest BCUT2D eigenvalue weighted by Gasteiger charge is 2.19. The van der Waals surface area contributed by atoms with Crippen LogP contribution in [-0.4, -0.2) is 12.3 Å². The summed E-state index contributed by atoms with van der Waals surface area (Å²) in [4.78, 5) is 11.8. The van der Waals surface area contributed by atoms with Crippen LogP contribution in [0, 0.1) is 5.41 Å². The summed E-state index contributed by atoms with van der Waals surface area (Å²) in [5.74, 6) is 0.198. The smallest absolute Gasteiger partial charge is 0.162 e. The van der Waals surface area contributed by atoms with Gasteiger partial charge in [0.05, 0.1) is 0 Å². The van der Waals surface area contributed by atoms with Gasteiger partial charge in [-0.2, -0.15) is 0 Å². The normalized spacial score (nSPS) is 12.7. The third kappa shape index (κ3) is 6.32. The Morgan fingerprint density at radius 2 is 1.87 bits per heavy atom. The van der Waals surface area contributed by atoms with Crippen molar-refractivity contribution in [1.82, 2.24) is 5.32 Å². The molecule has 0 saturated heterocycles. The second-order valence-electron chi connectivity index (χ2n) is 4.92. The van der Waals surface area contributed by atoms with E-state index < -0.39 is 0 Å². The van der Waals surface area contributed by atoms with Crippen molar-refractivity contribution in [3.63, 3.8) is 0 Å². The molecule has 0 aliphatic heterocycles. The van der Waals surface area contributed by atoms with Crippen molar-refractivity contribution < 1.29 is 4.79 Å². The van der Waals surface area contributed by atoms with Gasteiger partial charge < -0.3 is 5.32 Å². The summed E-state index contributed by atoms with van der Waals surface area (Å²) in [6.45, 7) is 11.0. The number of unbranched alkanes of at least 4 members (excludes halogenated alkanes) is 1. The molecular weight excluding hydrogens is 186 g/mol. The summed E-state index contributed by atoms with van der Waals surface area (Å²) >= 11 is 0. The van der Waals surface area contributed by atoms with Crippen LogP contribution in [0.5, 0.6) is 0 Å². The Morgan fingerprint density at radius 1 is 1.27 bits per heavy atom. The van der Waals surface area contributed by atoms with Crippen molar-refractivity contribution in [3.8, 4) is 0 Å². The van der Waals surface area contributed by atoms with Crippen LogP contribution in [-0.2, 0) is 4.79 Å². The maximum absolute atomic E-state index is 11.8. The Bertz CT molecular complexity index is 223. The number of carbonyl (C=O) groups is 1. The first kappa shape index (κ1) is 14.2. The summed E-state index contributed by atoms with van der Waals surface area (Å²) < 4.78 is 0. The predicted octanol–water partition coefficient (Wildman–Crippen LogP) is 3.29. The van der Waals surface area contributed by atoms with E-state index in [9.17, 15) is 4.79 Å². The minimum absolute atomic E-state index is 0.198. The van der Waals surface area contributed by atoms with Crippen molar-refractivity contribution in [2.45, 2.75) is 53.9 Å². The number of ketones is 1. The Morgan fingerprint density at radius 3 is 2.27 bits per heavy atom. The van der Waals surface area contributed by atoms with E-state index in [4.69, 9.17) is 0 Å². The quantitative estimate of drug-likeness (QED) is 0.539. The zero-order valence-electron chi connectivity index (χ0n) is 10.8. The standard InChI is InChI=1S/C13H25NO/c1-6-8-9-14-11(7-2)10-12(15)13(3,4)5/h10,14H,6-9H2,1-5H3. The molecule has 0 radical (unpaired) electrons. The second-order valence-corrected chi connectivity index (χ2v) is 4.92. The van der Waals surface area contributed by atoms with E-state index >= 15 is 0 Å². The maximum Gasteiger partial charge on any atom is 0.162 e. The Balaban J connectivity index is 4.27. The molecule has 0 aromatic heterocycles. The monoisotopic (exact) mass is 211 g/mol. The van der Waals surface area contributed by atoms with Crippen molar-refractivity contribution in [3.05, 3.63) is 11.8 Å². The SMILES string of the molecule is CCCCNC(=CC(=O)C(C)(C)C)CC. The van der Waals surface area contributed by atoms with E-state index in [0.29, 0.717) is 0 Å².